The third-order valence-corrected chi connectivity index (χ3v) is 7.73. The Kier molecular flexibility index (Phi) is 9.90. The predicted molar refractivity (Wildman–Crippen MR) is 179 cm³/mol. The predicted octanol–water partition coefficient (Wildman–Crippen LogP) is 8.34. The fourth-order valence-electron chi connectivity index (χ4n) is 5.40. The SMILES string of the molecule is c1cncc(-c2nc(NCCCCCCCCCCNc3nc(-c4cccnc4)nc4ccccc34)c3ccccc3n2)c1. The first-order chi connectivity index (χ1) is 21.8. The van der Waals surface area contributed by atoms with Gasteiger partial charge in [0.25, 0.3) is 0 Å². The summed E-state index contributed by atoms with van der Waals surface area (Å²) in [7, 11) is 0. The van der Waals surface area contributed by atoms with E-state index >= 15 is 0 Å². The molecule has 0 aliphatic heterocycles. The molecule has 0 unspecified atom stereocenters. The summed E-state index contributed by atoms with van der Waals surface area (Å²) in [5.41, 5.74) is 3.74. The van der Waals surface area contributed by atoms with E-state index < -0.39 is 0 Å². The van der Waals surface area contributed by atoms with Gasteiger partial charge in [0.2, 0.25) is 0 Å². The standard InChI is InChI=1S/C36H38N8/c1(3-5-11-23-39-35-29-17-7-9-19-31(29)41-33(43-35)27-15-13-21-37-25-27)2-4-6-12-24-40-36-30-18-8-10-20-32(30)42-34(44-36)28-16-14-22-38-26-28/h7-10,13-22,25-26H,1-6,11-12,23-24H2,(H,39,41,43)(H,40,42,44). The van der Waals surface area contributed by atoms with Gasteiger partial charge in [-0.2, -0.15) is 0 Å². The van der Waals surface area contributed by atoms with Gasteiger partial charge < -0.3 is 10.6 Å². The van der Waals surface area contributed by atoms with Crippen LogP contribution in [-0.4, -0.2) is 43.0 Å². The topological polar surface area (TPSA) is 101 Å². The van der Waals surface area contributed by atoms with Gasteiger partial charge in [0.15, 0.2) is 11.6 Å². The van der Waals surface area contributed by atoms with E-state index in [4.69, 9.17) is 19.9 Å². The number of aromatic nitrogens is 6. The summed E-state index contributed by atoms with van der Waals surface area (Å²) in [6.45, 7) is 1.80. The minimum absolute atomic E-state index is 0.703. The van der Waals surface area contributed by atoms with Crippen LogP contribution < -0.4 is 10.6 Å². The maximum atomic E-state index is 4.83. The van der Waals surface area contributed by atoms with E-state index in [2.05, 4.69) is 32.7 Å². The fourth-order valence-corrected chi connectivity index (χ4v) is 5.40. The molecule has 6 rings (SSSR count). The highest BCUT2D eigenvalue weighted by molar-refractivity contribution is 5.91. The summed E-state index contributed by atoms with van der Waals surface area (Å²) < 4.78 is 0. The van der Waals surface area contributed by atoms with Crippen molar-refractivity contribution < 1.29 is 0 Å². The summed E-state index contributed by atoms with van der Waals surface area (Å²) in [6.07, 6.45) is 16.9. The number of hydrogen-bond acceptors (Lipinski definition) is 8. The van der Waals surface area contributed by atoms with Crippen molar-refractivity contribution in [2.45, 2.75) is 51.4 Å². The van der Waals surface area contributed by atoms with Crippen molar-refractivity contribution in [2.24, 2.45) is 0 Å². The highest BCUT2D eigenvalue weighted by Gasteiger charge is 2.10. The quantitative estimate of drug-likeness (QED) is 0.117. The van der Waals surface area contributed by atoms with Gasteiger partial charge >= 0.3 is 0 Å². The molecule has 0 aliphatic rings. The van der Waals surface area contributed by atoms with Crippen LogP contribution in [0.5, 0.6) is 0 Å². The van der Waals surface area contributed by atoms with Crippen LogP contribution in [0.4, 0.5) is 11.6 Å². The van der Waals surface area contributed by atoms with Crippen LogP contribution in [0.3, 0.4) is 0 Å². The van der Waals surface area contributed by atoms with E-state index in [1.165, 1.54) is 38.5 Å². The van der Waals surface area contributed by atoms with Crippen LogP contribution >= 0.6 is 0 Å². The zero-order valence-electron chi connectivity index (χ0n) is 25.0. The molecule has 0 fully saturated rings. The Bertz CT molecular complexity index is 1640. The van der Waals surface area contributed by atoms with Gasteiger partial charge in [-0.15, -0.1) is 0 Å². The Morgan fingerprint density at radius 2 is 0.864 bits per heavy atom. The molecule has 222 valence electrons. The first-order valence-electron chi connectivity index (χ1n) is 15.7. The molecule has 4 aromatic heterocycles. The van der Waals surface area contributed by atoms with Crippen LogP contribution in [-0.2, 0) is 0 Å². The minimum Gasteiger partial charge on any atom is -0.369 e. The average molecular weight is 583 g/mol. The van der Waals surface area contributed by atoms with Crippen LogP contribution in [0.15, 0.2) is 97.6 Å². The Hall–Kier alpha value is -4.98. The van der Waals surface area contributed by atoms with E-state index in [9.17, 15) is 0 Å². The van der Waals surface area contributed by atoms with Gasteiger partial charge in [-0.05, 0) is 61.4 Å². The lowest BCUT2D eigenvalue weighted by atomic mass is 10.1. The average Bonchev–Trinajstić information content (AvgIpc) is 3.09. The summed E-state index contributed by atoms with van der Waals surface area (Å²) in [6, 6.07) is 24.2. The molecule has 0 spiro atoms. The lowest BCUT2D eigenvalue weighted by Gasteiger charge is -2.11. The number of para-hydroxylation sites is 2. The number of pyridine rings is 2. The van der Waals surface area contributed by atoms with Gasteiger partial charge in [0, 0.05) is 59.8 Å². The zero-order chi connectivity index (χ0) is 29.8. The molecule has 0 aliphatic carbocycles. The Labute approximate surface area is 258 Å². The molecule has 8 heteroatoms. The lowest BCUT2D eigenvalue weighted by molar-refractivity contribution is 0.577. The van der Waals surface area contributed by atoms with Crippen molar-refractivity contribution in [3.8, 4) is 22.8 Å². The van der Waals surface area contributed by atoms with E-state index in [-0.39, 0.29) is 0 Å². The molecule has 0 saturated carbocycles. The molecule has 0 bridgehead atoms. The fraction of sp³-hybridized carbons (Fsp3) is 0.278. The number of benzene rings is 2. The van der Waals surface area contributed by atoms with Crippen molar-refractivity contribution in [1.82, 2.24) is 29.9 Å². The molecule has 2 aromatic carbocycles. The van der Waals surface area contributed by atoms with Gasteiger partial charge in [0.1, 0.15) is 11.6 Å². The molecule has 0 saturated heterocycles. The van der Waals surface area contributed by atoms with Gasteiger partial charge in [-0.25, -0.2) is 19.9 Å². The molecule has 0 radical (unpaired) electrons. The Morgan fingerprint density at radius 3 is 1.30 bits per heavy atom. The number of unbranched alkanes of at least 4 members (excludes halogenated alkanes) is 7. The normalized spacial score (nSPS) is 11.2. The monoisotopic (exact) mass is 582 g/mol. The number of anilines is 2. The smallest absolute Gasteiger partial charge is 0.163 e. The molecular weight excluding hydrogens is 544 g/mol. The summed E-state index contributed by atoms with van der Waals surface area (Å²) in [5.74, 6) is 3.20. The van der Waals surface area contributed by atoms with Crippen molar-refractivity contribution in [1.29, 1.82) is 0 Å². The van der Waals surface area contributed by atoms with Crippen LogP contribution in [0.1, 0.15) is 51.4 Å². The van der Waals surface area contributed by atoms with Crippen LogP contribution in [0.2, 0.25) is 0 Å². The molecule has 6 aromatic rings. The molecule has 4 heterocycles. The first-order valence-corrected chi connectivity index (χ1v) is 15.7. The lowest BCUT2D eigenvalue weighted by Crippen LogP contribution is -2.06. The number of fused-ring (bicyclic) bond motifs is 2. The van der Waals surface area contributed by atoms with Crippen molar-refractivity contribution >= 4 is 33.4 Å². The van der Waals surface area contributed by atoms with E-state index in [1.807, 2.05) is 73.1 Å². The number of nitrogens with one attached hydrogen (secondary N) is 2. The zero-order valence-corrected chi connectivity index (χ0v) is 25.0. The second-order valence-corrected chi connectivity index (χ2v) is 11.0. The first kappa shape index (κ1) is 29.1. The molecule has 0 atom stereocenters. The second kappa shape index (κ2) is 15.0. The molecule has 0 amide bonds. The summed E-state index contributed by atoms with van der Waals surface area (Å²) in [5, 5.41) is 9.24. The minimum atomic E-state index is 0.703. The third kappa shape index (κ3) is 7.50. The maximum Gasteiger partial charge on any atom is 0.163 e. The number of nitrogens with zero attached hydrogens (tertiary/aromatic N) is 6. The second-order valence-electron chi connectivity index (χ2n) is 11.0. The molecular formula is C36H38N8. The molecule has 44 heavy (non-hydrogen) atoms. The molecule has 8 nitrogen and oxygen atoms in total. The van der Waals surface area contributed by atoms with Crippen molar-refractivity contribution in [3.63, 3.8) is 0 Å². The van der Waals surface area contributed by atoms with E-state index in [0.29, 0.717) is 11.6 Å². The van der Waals surface area contributed by atoms with Crippen LogP contribution in [0, 0.1) is 0 Å². The Morgan fingerprint density at radius 1 is 0.432 bits per heavy atom. The van der Waals surface area contributed by atoms with E-state index in [1.54, 1.807) is 12.4 Å². The van der Waals surface area contributed by atoms with Gasteiger partial charge in [-0.1, -0.05) is 62.8 Å². The number of hydrogen-bond donors (Lipinski definition) is 2. The number of rotatable bonds is 15. The molecule has 2 N–H and O–H groups in total. The summed E-state index contributed by atoms with van der Waals surface area (Å²) >= 11 is 0. The highest BCUT2D eigenvalue weighted by atomic mass is 15.0. The Balaban J connectivity index is 0.891. The van der Waals surface area contributed by atoms with Crippen molar-refractivity contribution in [3.05, 3.63) is 97.6 Å². The summed E-state index contributed by atoms with van der Waals surface area (Å²) in [4.78, 5) is 27.6. The van der Waals surface area contributed by atoms with Gasteiger partial charge in [0.05, 0.1) is 11.0 Å². The van der Waals surface area contributed by atoms with Gasteiger partial charge in [-0.3, -0.25) is 9.97 Å². The van der Waals surface area contributed by atoms with Crippen molar-refractivity contribution in [2.75, 3.05) is 23.7 Å². The largest absolute Gasteiger partial charge is 0.369 e. The van der Waals surface area contributed by atoms with E-state index in [0.717, 1.165) is 70.5 Å². The highest BCUT2D eigenvalue weighted by Crippen LogP contribution is 2.26. The maximum absolute atomic E-state index is 4.83. The van der Waals surface area contributed by atoms with Crippen LogP contribution in [0.25, 0.3) is 44.6 Å². The third-order valence-electron chi connectivity index (χ3n) is 7.73.